The number of halogens is 2. The van der Waals surface area contributed by atoms with Crippen molar-refractivity contribution in [2.24, 2.45) is 0 Å². The van der Waals surface area contributed by atoms with Crippen LogP contribution in [-0.4, -0.2) is 25.8 Å². The van der Waals surface area contributed by atoms with E-state index in [2.05, 4.69) is 10.6 Å². The lowest BCUT2D eigenvalue weighted by Crippen LogP contribution is -2.39. The molecule has 0 saturated carbocycles. The first kappa shape index (κ1) is 17.3. The molecule has 0 heterocycles. The highest BCUT2D eigenvalue weighted by molar-refractivity contribution is 6.30. The van der Waals surface area contributed by atoms with Crippen molar-refractivity contribution in [3.8, 4) is 0 Å². The standard InChI is InChI=1S/C18H20ClFN2O/c1-13-5-2-3-8-16(13)17(12-22-18(23)21-10-9-20)14-6-4-7-15(19)11-14/h2-8,11,17H,9-10,12H2,1H3,(H2,21,22,23). The number of rotatable bonds is 6. The molecule has 5 heteroatoms. The van der Waals surface area contributed by atoms with Gasteiger partial charge in [0.1, 0.15) is 6.67 Å². The van der Waals surface area contributed by atoms with Gasteiger partial charge in [-0.15, -0.1) is 0 Å². The Labute approximate surface area is 140 Å². The number of hydrogen-bond donors (Lipinski definition) is 2. The van der Waals surface area contributed by atoms with Gasteiger partial charge >= 0.3 is 6.03 Å². The van der Waals surface area contributed by atoms with E-state index in [0.29, 0.717) is 11.6 Å². The van der Waals surface area contributed by atoms with Crippen molar-refractivity contribution in [3.63, 3.8) is 0 Å². The van der Waals surface area contributed by atoms with E-state index in [-0.39, 0.29) is 18.5 Å². The molecule has 2 aromatic rings. The highest BCUT2D eigenvalue weighted by Crippen LogP contribution is 2.28. The summed E-state index contributed by atoms with van der Waals surface area (Å²) in [6, 6.07) is 15.3. The van der Waals surface area contributed by atoms with Crippen molar-refractivity contribution in [3.05, 3.63) is 70.2 Å². The van der Waals surface area contributed by atoms with Crippen LogP contribution in [0.15, 0.2) is 48.5 Å². The molecule has 0 radical (unpaired) electrons. The number of nitrogens with one attached hydrogen (secondary N) is 2. The van der Waals surface area contributed by atoms with Crippen molar-refractivity contribution in [1.29, 1.82) is 0 Å². The van der Waals surface area contributed by atoms with E-state index in [4.69, 9.17) is 11.6 Å². The van der Waals surface area contributed by atoms with E-state index < -0.39 is 6.67 Å². The highest BCUT2D eigenvalue weighted by atomic mass is 35.5. The van der Waals surface area contributed by atoms with Crippen LogP contribution in [0.5, 0.6) is 0 Å². The molecule has 0 aromatic heterocycles. The molecule has 0 aliphatic carbocycles. The van der Waals surface area contributed by atoms with Gasteiger partial charge in [-0.1, -0.05) is 48.0 Å². The first-order valence-electron chi connectivity index (χ1n) is 7.50. The Bertz CT molecular complexity index is 663. The summed E-state index contributed by atoms with van der Waals surface area (Å²) in [5.41, 5.74) is 3.29. The highest BCUT2D eigenvalue weighted by Gasteiger charge is 2.17. The molecule has 0 aliphatic heterocycles. The Morgan fingerprint density at radius 1 is 1.17 bits per heavy atom. The Balaban J connectivity index is 2.22. The maximum Gasteiger partial charge on any atom is 0.314 e. The summed E-state index contributed by atoms with van der Waals surface area (Å²) in [5.74, 6) is -0.0222. The van der Waals surface area contributed by atoms with Crippen LogP contribution in [0, 0.1) is 6.92 Å². The number of hydrogen-bond acceptors (Lipinski definition) is 1. The average molecular weight is 335 g/mol. The monoisotopic (exact) mass is 334 g/mol. The van der Waals surface area contributed by atoms with Crippen LogP contribution in [0.1, 0.15) is 22.6 Å². The topological polar surface area (TPSA) is 41.1 Å². The zero-order valence-corrected chi connectivity index (χ0v) is 13.7. The number of urea groups is 1. The zero-order chi connectivity index (χ0) is 16.7. The van der Waals surface area contributed by atoms with Gasteiger partial charge in [0.2, 0.25) is 0 Å². The summed E-state index contributed by atoms with van der Waals surface area (Å²) in [5, 5.41) is 5.92. The Kier molecular flexibility index (Phi) is 6.41. The minimum atomic E-state index is -0.580. The van der Waals surface area contributed by atoms with Gasteiger partial charge in [0.25, 0.3) is 0 Å². The van der Waals surface area contributed by atoms with Crippen molar-refractivity contribution in [2.45, 2.75) is 12.8 Å². The Hall–Kier alpha value is -2.07. The molecule has 2 aromatic carbocycles. The molecule has 3 nitrogen and oxygen atoms in total. The second-order valence-electron chi connectivity index (χ2n) is 5.29. The summed E-state index contributed by atoms with van der Waals surface area (Å²) in [6.45, 7) is 1.88. The van der Waals surface area contributed by atoms with Crippen LogP contribution < -0.4 is 10.6 Å². The van der Waals surface area contributed by atoms with Gasteiger partial charge in [-0.2, -0.15) is 0 Å². The number of amides is 2. The molecule has 0 saturated heterocycles. The molecule has 0 spiro atoms. The third-order valence-corrected chi connectivity index (χ3v) is 3.90. The third kappa shape index (κ3) is 4.96. The number of benzene rings is 2. The minimum absolute atomic E-state index is 0.0119. The molecule has 2 amide bonds. The maximum absolute atomic E-state index is 12.1. The number of carbonyl (C=O) groups is 1. The van der Waals surface area contributed by atoms with Crippen LogP contribution in [0.3, 0.4) is 0 Å². The fourth-order valence-corrected chi connectivity index (χ4v) is 2.73. The third-order valence-electron chi connectivity index (χ3n) is 3.66. The lowest BCUT2D eigenvalue weighted by atomic mass is 9.88. The van der Waals surface area contributed by atoms with Gasteiger partial charge in [-0.05, 0) is 35.7 Å². The molecule has 0 fully saturated rings. The number of carbonyl (C=O) groups excluding carboxylic acids is 1. The van der Waals surface area contributed by atoms with Crippen molar-refractivity contribution < 1.29 is 9.18 Å². The molecular weight excluding hydrogens is 315 g/mol. The lowest BCUT2D eigenvalue weighted by Gasteiger charge is -2.21. The molecule has 122 valence electrons. The molecule has 1 atom stereocenters. The molecule has 0 aliphatic rings. The second kappa shape index (κ2) is 8.53. The largest absolute Gasteiger partial charge is 0.337 e. The Morgan fingerprint density at radius 2 is 1.96 bits per heavy atom. The SMILES string of the molecule is Cc1ccccc1C(CNC(=O)NCCF)c1cccc(Cl)c1. The predicted molar refractivity (Wildman–Crippen MR) is 91.9 cm³/mol. The normalized spacial score (nSPS) is 11.8. The predicted octanol–water partition coefficient (Wildman–Crippen LogP) is 4.05. The molecule has 2 N–H and O–H groups in total. The Morgan fingerprint density at radius 3 is 2.65 bits per heavy atom. The van der Waals surface area contributed by atoms with Gasteiger partial charge in [-0.3, -0.25) is 0 Å². The van der Waals surface area contributed by atoms with E-state index in [1.54, 1.807) is 0 Å². The quantitative estimate of drug-likeness (QED) is 0.822. The van der Waals surface area contributed by atoms with Crippen LogP contribution >= 0.6 is 11.6 Å². The molecule has 0 bridgehead atoms. The summed E-state index contributed by atoms with van der Waals surface area (Å²) in [4.78, 5) is 11.7. The van der Waals surface area contributed by atoms with Crippen LogP contribution in [0.2, 0.25) is 5.02 Å². The fourth-order valence-electron chi connectivity index (χ4n) is 2.53. The summed E-state index contributed by atoms with van der Waals surface area (Å²) in [6.07, 6.45) is 0. The minimum Gasteiger partial charge on any atom is -0.337 e. The van der Waals surface area contributed by atoms with E-state index in [1.807, 2.05) is 55.5 Å². The fraction of sp³-hybridized carbons (Fsp3) is 0.278. The average Bonchev–Trinajstić information content (AvgIpc) is 2.55. The van der Waals surface area contributed by atoms with Crippen LogP contribution in [-0.2, 0) is 0 Å². The first-order valence-corrected chi connectivity index (χ1v) is 7.88. The van der Waals surface area contributed by atoms with Crippen LogP contribution in [0.4, 0.5) is 9.18 Å². The van der Waals surface area contributed by atoms with Gasteiger partial charge in [-0.25, -0.2) is 9.18 Å². The second-order valence-corrected chi connectivity index (χ2v) is 5.73. The van der Waals surface area contributed by atoms with E-state index in [9.17, 15) is 9.18 Å². The molecule has 2 rings (SSSR count). The van der Waals surface area contributed by atoms with Crippen molar-refractivity contribution in [2.75, 3.05) is 19.8 Å². The lowest BCUT2D eigenvalue weighted by molar-refractivity contribution is 0.239. The summed E-state index contributed by atoms with van der Waals surface area (Å²) >= 11 is 6.11. The summed E-state index contributed by atoms with van der Waals surface area (Å²) in [7, 11) is 0. The van der Waals surface area contributed by atoms with Gasteiger partial charge in [0, 0.05) is 24.0 Å². The number of aryl methyl sites for hydroxylation is 1. The van der Waals surface area contributed by atoms with Gasteiger partial charge in [0.05, 0.1) is 0 Å². The van der Waals surface area contributed by atoms with Crippen molar-refractivity contribution in [1.82, 2.24) is 10.6 Å². The van der Waals surface area contributed by atoms with Crippen LogP contribution in [0.25, 0.3) is 0 Å². The molecule has 1 unspecified atom stereocenters. The maximum atomic E-state index is 12.1. The van der Waals surface area contributed by atoms with E-state index >= 15 is 0 Å². The van der Waals surface area contributed by atoms with E-state index in [0.717, 1.165) is 16.7 Å². The van der Waals surface area contributed by atoms with Crippen molar-refractivity contribution >= 4 is 17.6 Å². The van der Waals surface area contributed by atoms with E-state index in [1.165, 1.54) is 0 Å². The molecule has 23 heavy (non-hydrogen) atoms. The summed E-state index contributed by atoms with van der Waals surface area (Å²) < 4.78 is 12.1. The molecular formula is C18H20ClFN2O. The number of alkyl halides is 1. The van der Waals surface area contributed by atoms with Gasteiger partial charge < -0.3 is 10.6 Å². The zero-order valence-electron chi connectivity index (χ0n) is 13.0. The first-order chi connectivity index (χ1) is 11.1. The smallest absolute Gasteiger partial charge is 0.314 e. The van der Waals surface area contributed by atoms with Gasteiger partial charge in [0.15, 0.2) is 0 Å².